The van der Waals surface area contributed by atoms with Crippen LogP contribution in [0.25, 0.3) is 0 Å². The van der Waals surface area contributed by atoms with Gasteiger partial charge in [0, 0.05) is 22.8 Å². The maximum Gasteiger partial charge on any atom is 0.241 e. The fourth-order valence-corrected chi connectivity index (χ4v) is 3.51. The van der Waals surface area contributed by atoms with Gasteiger partial charge in [-0.3, -0.25) is 10.1 Å². The Hall–Kier alpha value is -0.910. The Labute approximate surface area is 125 Å². The molecule has 1 saturated heterocycles. The summed E-state index contributed by atoms with van der Waals surface area (Å²) in [6, 6.07) is 4.25. The van der Waals surface area contributed by atoms with Gasteiger partial charge in [0.05, 0.1) is 6.04 Å². The first-order valence-corrected chi connectivity index (χ1v) is 8.12. The van der Waals surface area contributed by atoms with Gasteiger partial charge in [0.1, 0.15) is 6.17 Å². The number of hydrogen-bond donors (Lipinski definition) is 1. The van der Waals surface area contributed by atoms with Crippen LogP contribution in [0.3, 0.4) is 0 Å². The van der Waals surface area contributed by atoms with Gasteiger partial charge in [-0.2, -0.15) is 0 Å². The minimum Gasteiger partial charge on any atom is -0.319 e. The molecule has 1 aromatic rings. The standard InChI is InChI=1S/C15H25N3OS/c1-5-6-12-15(19)18(10-9-17(3)4)14(16-12)13-8-7-11(2)20-13/h7-8,12,14,16H,5-6,9-10H2,1-4H3. The minimum absolute atomic E-state index is 0.0189. The molecule has 4 nitrogen and oxygen atoms in total. The molecule has 0 radical (unpaired) electrons. The van der Waals surface area contributed by atoms with E-state index in [9.17, 15) is 4.79 Å². The number of hydrogen-bond acceptors (Lipinski definition) is 4. The normalized spacial score (nSPS) is 23.1. The highest BCUT2D eigenvalue weighted by Crippen LogP contribution is 2.31. The largest absolute Gasteiger partial charge is 0.319 e. The summed E-state index contributed by atoms with van der Waals surface area (Å²) in [6.45, 7) is 5.91. The second kappa shape index (κ2) is 6.70. The third kappa shape index (κ3) is 3.40. The van der Waals surface area contributed by atoms with Crippen LogP contribution < -0.4 is 5.32 Å². The van der Waals surface area contributed by atoms with E-state index in [1.165, 1.54) is 9.75 Å². The van der Waals surface area contributed by atoms with Crippen molar-refractivity contribution in [1.29, 1.82) is 0 Å². The Bertz CT molecular complexity index is 458. The quantitative estimate of drug-likeness (QED) is 0.874. The summed E-state index contributed by atoms with van der Waals surface area (Å²) in [5.74, 6) is 0.254. The number of amides is 1. The van der Waals surface area contributed by atoms with Crippen LogP contribution in [-0.4, -0.2) is 48.9 Å². The summed E-state index contributed by atoms with van der Waals surface area (Å²) in [7, 11) is 4.09. The monoisotopic (exact) mass is 295 g/mol. The van der Waals surface area contributed by atoms with Gasteiger partial charge in [-0.15, -0.1) is 11.3 Å². The molecule has 0 spiro atoms. The Kier molecular flexibility index (Phi) is 5.18. The van der Waals surface area contributed by atoms with Crippen molar-refractivity contribution < 1.29 is 4.79 Å². The molecule has 2 rings (SSSR count). The van der Waals surface area contributed by atoms with Crippen molar-refractivity contribution in [2.75, 3.05) is 27.2 Å². The first-order valence-electron chi connectivity index (χ1n) is 7.30. The van der Waals surface area contributed by atoms with Crippen LogP contribution >= 0.6 is 11.3 Å². The zero-order valence-electron chi connectivity index (χ0n) is 12.8. The van der Waals surface area contributed by atoms with E-state index in [4.69, 9.17) is 0 Å². The predicted octanol–water partition coefficient (Wildman–Crippen LogP) is 2.22. The van der Waals surface area contributed by atoms with Crippen LogP contribution in [0.5, 0.6) is 0 Å². The lowest BCUT2D eigenvalue weighted by molar-refractivity contribution is -0.130. The van der Waals surface area contributed by atoms with E-state index >= 15 is 0 Å². The van der Waals surface area contributed by atoms with E-state index < -0.39 is 0 Å². The van der Waals surface area contributed by atoms with Crippen LogP contribution in [0.2, 0.25) is 0 Å². The first-order chi connectivity index (χ1) is 9.52. The van der Waals surface area contributed by atoms with Gasteiger partial charge in [0.2, 0.25) is 5.91 Å². The number of nitrogens with one attached hydrogen (secondary N) is 1. The molecule has 0 aliphatic carbocycles. The summed E-state index contributed by atoms with van der Waals surface area (Å²) in [5, 5.41) is 3.51. The number of rotatable bonds is 6. The number of carbonyl (C=O) groups is 1. The van der Waals surface area contributed by atoms with Crippen molar-refractivity contribution in [3.63, 3.8) is 0 Å². The highest BCUT2D eigenvalue weighted by molar-refractivity contribution is 7.12. The summed E-state index contributed by atoms with van der Waals surface area (Å²) >= 11 is 1.78. The van der Waals surface area contributed by atoms with Crippen LogP contribution in [0.1, 0.15) is 35.7 Å². The molecule has 2 unspecified atom stereocenters. The Morgan fingerprint density at radius 1 is 1.40 bits per heavy atom. The van der Waals surface area contributed by atoms with E-state index in [1.807, 2.05) is 19.0 Å². The molecular weight excluding hydrogens is 270 g/mol. The van der Waals surface area contributed by atoms with Gasteiger partial charge in [0.15, 0.2) is 0 Å². The average molecular weight is 295 g/mol. The van der Waals surface area contributed by atoms with Crippen molar-refractivity contribution >= 4 is 17.2 Å². The molecule has 2 heterocycles. The third-order valence-corrected chi connectivity index (χ3v) is 4.70. The molecular formula is C15H25N3OS. The van der Waals surface area contributed by atoms with E-state index in [0.717, 1.165) is 25.9 Å². The Morgan fingerprint density at radius 3 is 2.70 bits per heavy atom. The molecule has 0 saturated carbocycles. The van der Waals surface area contributed by atoms with Crippen molar-refractivity contribution in [3.8, 4) is 0 Å². The van der Waals surface area contributed by atoms with Crippen molar-refractivity contribution in [3.05, 3.63) is 21.9 Å². The second-order valence-electron chi connectivity index (χ2n) is 5.69. The van der Waals surface area contributed by atoms with Crippen LogP contribution in [-0.2, 0) is 4.79 Å². The first kappa shape index (κ1) is 15.5. The molecule has 1 aromatic heterocycles. The van der Waals surface area contributed by atoms with Crippen molar-refractivity contribution in [2.45, 2.75) is 38.9 Å². The molecule has 112 valence electrons. The summed E-state index contributed by atoms with van der Waals surface area (Å²) in [6.07, 6.45) is 2.00. The number of thiophene rings is 1. The van der Waals surface area contributed by atoms with Crippen LogP contribution in [0.15, 0.2) is 12.1 Å². The zero-order valence-corrected chi connectivity index (χ0v) is 13.7. The van der Waals surface area contributed by atoms with E-state index in [-0.39, 0.29) is 18.1 Å². The maximum absolute atomic E-state index is 12.5. The van der Waals surface area contributed by atoms with E-state index in [0.29, 0.717) is 0 Å². The molecule has 5 heteroatoms. The summed E-state index contributed by atoms with van der Waals surface area (Å²) < 4.78 is 0. The molecule has 20 heavy (non-hydrogen) atoms. The third-order valence-electron chi connectivity index (χ3n) is 3.65. The maximum atomic E-state index is 12.5. The fraction of sp³-hybridized carbons (Fsp3) is 0.667. The smallest absolute Gasteiger partial charge is 0.241 e. The lowest BCUT2D eigenvalue weighted by Gasteiger charge is -2.24. The van der Waals surface area contributed by atoms with Gasteiger partial charge in [0.25, 0.3) is 0 Å². The molecule has 1 amide bonds. The van der Waals surface area contributed by atoms with Crippen LogP contribution in [0.4, 0.5) is 0 Å². The summed E-state index contributed by atoms with van der Waals surface area (Å²) in [4.78, 5) is 19.2. The lowest BCUT2D eigenvalue weighted by atomic mass is 10.2. The predicted molar refractivity (Wildman–Crippen MR) is 83.9 cm³/mol. The molecule has 1 aliphatic rings. The van der Waals surface area contributed by atoms with E-state index in [2.05, 4.69) is 36.2 Å². The highest BCUT2D eigenvalue weighted by Gasteiger charge is 2.39. The SMILES string of the molecule is CCCC1NC(c2ccc(C)s2)N(CCN(C)C)C1=O. The molecule has 1 fully saturated rings. The molecule has 1 aliphatic heterocycles. The summed E-state index contributed by atoms with van der Waals surface area (Å²) in [5.41, 5.74) is 0. The van der Waals surface area contributed by atoms with Gasteiger partial charge < -0.3 is 9.80 Å². The van der Waals surface area contributed by atoms with Gasteiger partial charge in [-0.1, -0.05) is 13.3 Å². The zero-order chi connectivity index (χ0) is 14.7. The van der Waals surface area contributed by atoms with E-state index in [1.54, 1.807) is 11.3 Å². The van der Waals surface area contributed by atoms with Crippen molar-refractivity contribution in [1.82, 2.24) is 15.1 Å². The highest BCUT2D eigenvalue weighted by atomic mass is 32.1. The minimum atomic E-state index is -0.0189. The molecule has 2 atom stereocenters. The second-order valence-corrected chi connectivity index (χ2v) is 7.01. The van der Waals surface area contributed by atoms with Crippen molar-refractivity contribution in [2.24, 2.45) is 0 Å². The molecule has 0 aromatic carbocycles. The number of nitrogens with zero attached hydrogens (tertiary/aromatic N) is 2. The molecule has 0 bridgehead atoms. The molecule has 1 N–H and O–H groups in total. The lowest BCUT2D eigenvalue weighted by Crippen LogP contribution is -2.36. The number of carbonyl (C=O) groups excluding carboxylic acids is 1. The van der Waals surface area contributed by atoms with Crippen LogP contribution in [0, 0.1) is 6.92 Å². The average Bonchev–Trinajstić information content (AvgIpc) is 2.93. The Morgan fingerprint density at radius 2 is 2.15 bits per heavy atom. The topological polar surface area (TPSA) is 35.6 Å². The van der Waals surface area contributed by atoms with Gasteiger partial charge >= 0.3 is 0 Å². The fourth-order valence-electron chi connectivity index (χ4n) is 2.56. The van der Waals surface area contributed by atoms with Gasteiger partial charge in [-0.05, 0) is 39.6 Å². The Balaban J connectivity index is 2.15. The van der Waals surface area contributed by atoms with Gasteiger partial charge in [-0.25, -0.2) is 0 Å². The number of likely N-dealkylation sites (N-methyl/N-ethyl adjacent to an activating group) is 1. The number of aryl methyl sites for hydroxylation is 1.